The summed E-state index contributed by atoms with van der Waals surface area (Å²) in [4.78, 5) is 23.5. The van der Waals surface area contributed by atoms with Crippen LogP contribution in [0.5, 0.6) is 0 Å². The maximum atomic E-state index is 12.1. The molecule has 1 aromatic carbocycles. The standard InChI is InChI=1S/C15H19NO4/c1-2-11-5-3-4-6-12(11)9-13(17)16-15(14(18)19)7-8-20-10-15/h3-6H,2,7-10H2,1H3,(H,16,17)(H,18,19). The van der Waals surface area contributed by atoms with Gasteiger partial charge in [-0.15, -0.1) is 0 Å². The fourth-order valence-electron chi connectivity index (χ4n) is 2.44. The van der Waals surface area contributed by atoms with Crippen LogP contribution in [0.2, 0.25) is 0 Å². The van der Waals surface area contributed by atoms with Gasteiger partial charge in [-0.25, -0.2) is 4.79 Å². The number of carbonyl (C=O) groups is 2. The van der Waals surface area contributed by atoms with E-state index in [1.165, 1.54) is 0 Å². The molecule has 0 aliphatic carbocycles. The van der Waals surface area contributed by atoms with E-state index >= 15 is 0 Å². The van der Waals surface area contributed by atoms with Gasteiger partial charge in [0.1, 0.15) is 0 Å². The van der Waals surface area contributed by atoms with Gasteiger partial charge < -0.3 is 15.2 Å². The van der Waals surface area contributed by atoms with Gasteiger partial charge in [-0.2, -0.15) is 0 Å². The third-order valence-electron chi connectivity index (χ3n) is 3.66. The Kier molecular flexibility index (Phi) is 4.39. The molecule has 1 saturated heterocycles. The Labute approximate surface area is 117 Å². The summed E-state index contributed by atoms with van der Waals surface area (Å²) in [5, 5.41) is 11.9. The van der Waals surface area contributed by atoms with E-state index in [9.17, 15) is 14.7 Å². The Balaban J connectivity index is 2.07. The summed E-state index contributed by atoms with van der Waals surface area (Å²) >= 11 is 0. The van der Waals surface area contributed by atoms with Crippen molar-refractivity contribution in [2.75, 3.05) is 13.2 Å². The molecule has 1 aliphatic rings. The van der Waals surface area contributed by atoms with E-state index in [1.807, 2.05) is 31.2 Å². The molecule has 1 amide bonds. The molecule has 1 heterocycles. The van der Waals surface area contributed by atoms with Crippen LogP contribution in [0.25, 0.3) is 0 Å². The molecule has 0 bridgehead atoms. The largest absolute Gasteiger partial charge is 0.479 e. The lowest BCUT2D eigenvalue weighted by atomic mass is 9.97. The molecule has 1 fully saturated rings. The Morgan fingerprint density at radius 3 is 2.60 bits per heavy atom. The molecule has 0 aromatic heterocycles. The zero-order chi connectivity index (χ0) is 14.6. The molecule has 0 radical (unpaired) electrons. The predicted octanol–water partition coefficient (Wildman–Crippen LogP) is 1.15. The first kappa shape index (κ1) is 14.5. The second-order valence-electron chi connectivity index (χ2n) is 5.04. The van der Waals surface area contributed by atoms with Crippen molar-refractivity contribution < 1.29 is 19.4 Å². The van der Waals surface area contributed by atoms with Crippen LogP contribution in [0, 0.1) is 0 Å². The highest BCUT2D eigenvalue weighted by Gasteiger charge is 2.43. The Bertz CT molecular complexity index is 506. The van der Waals surface area contributed by atoms with E-state index in [0.29, 0.717) is 13.0 Å². The van der Waals surface area contributed by atoms with Crippen molar-refractivity contribution in [1.29, 1.82) is 0 Å². The maximum Gasteiger partial charge on any atom is 0.331 e. The van der Waals surface area contributed by atoms with Crippen molar-refractivity contribution >= 4 is 11.9 Å². The van der Waals surface area contributed by atoms with Crippen molar-refractivity contribution in [3.8, 4) is 0 Å². The number of aliphatic carboxylic acids is 1. The fraction of sp³-hybridized carbons (Fsp3) is 0.467. The van der Waals surface area contributed by atoms with Crippen LogP contribution in [0.4, 0.5) is 0 Å². The normalized spacial score (nSPS) is 21.6. The highest BCUT2D eigenvalue weighted by atomic mass is 16.5. The average Bonchev–Trinajstić information content (AvgIpc) is 2.89. The first-order chi connectivity index (χ1) is 9.57. The summed E-state index contributed by atoms with van der Waals surface area (Å²) in [5.41, 5.74) is 0.778. The molecule has 5 nitrogen and oxygen atoms in total. The number of carbonyl (C=O) groups excluding carboxylic acids is 1. The van der Waals surface area contributed by atoms with Gasteiger partial charge >= 0.3 is 5.97 Å². The van der Waals surface area contributed by atoms with Gasteiger partial charge in [0.25, 0.3) is 0 Å². The number of rotatable bonds is 5. The number of nitrogens with one attached hydrogen (secondary N) is 1. The molecule has 108 valence electrons. The molecule has 2 rings (SSSR count). The number of carboxylic acids is 1. The van der Waals surface area contributed by atoms with Crippen molar-refractivity contribution in [2.24, 2.45) is 0 Å². The van der Waals surface area contributed by atoms with E-state index in [1.54, 1.807) is 0 Å². The van der Waals surface area contributed by atoms with Gasteiger partial charge in [0.2, 0.25) is 5.91 Å². The van der Waals surface area contributed by atoms with E-state index < -0.39 is 11.5 Å². The van der Waals surface area contributed by atoms with Crippen LogP contribution in [-0.2, 0) is 27.2 Å². The van der Waals surface area contributed by atoms with Crippen LogP contribution in [0.15, 0.2) is 24.3 Å². The van der Waals surface area contributed by atoms with Crippen molar-refractivity contribution in [1.82, 2.24) is 5.32 Å². The molecule has 1 aromatic rings. The zero-order valence-corrected chi connectivity index (χ0v) is 11.5. The van der Waals surface area contributed by atoms with Gasteiger partial charge in [0, 0.05) is 13.0 Å². The van der Waals surface area contributed by atoms with E-state index in [0.717, 1.165) is 17.5 Å². The van der Waals surface area contributed by atoms with Crippen molar-refractivity contribution in [2.45, 2.75) is 31.7 Å². The van der Waals surface area contributed by atoms with Gasteiger partial charge in [-0.05, 0) is 17.5 Å². The summed E-state index contributed by atoms with van der Waals surface area (Å²) in [7, 11) is 0. The van der Waals surface area contributed by atoms with Crippen LogP contribution >= 0.6 is 0 Å². The van der Waals surface area contributed by atoms with Crippen molar-refractivity contribution in [3.05, 3.63) is 35.4 Å². The summed E-state index contributed by atoms with van der Waals surface area (Å²) in [5.74, 6) is -1.31. The minimum atomic E-state index is -1.27. The first-order valence-corrected chi connectivity index (χ1v) is 6.76. The summed E-state index contributed by atoms with van der Waals surface area (Å²) in [6.07, 6.45) is 1.35. The number of aryl methyl sites for hydroxylation is 1. The lowest BCUT2D eigenvalue weighted by Crippen LogP contribution is -2.55. The molecule has 2 N–H and O–H groups in total. The Morgan fingerprint density at radius 1 is 1.35 bits per heavy atom. The number of benzene rings is 1. The van der Waals surface area contributed by atoms with E-state index in [-0.39, 0.29) is 18.9 Å². The smallest absolute Gasteiger partial charge is 0.331 e. The molecule has 20 heavy (non-hydrogen) atoms. The second kappa shape index (κ2) is 6.05. The molecule has 5 heteroatoms. The minimum Gasteiger partial charge on any atom is -0.479 e. The lowest BCUT2D eigenvalue weighted by molar-refractivity contribution is -0.147. The van der Waals surface area contributed by atoms with Crippen molar-refractivity contribution in [3.63, 3.8) is 0 Å². The Hall–Kier alpha value is -1.88. The SMILES string of the molecule is CCc1ccccc1CC(=O)NC1(C(=O)O)CCOC1. The third-order valence-corrected chi connectivity index (χ3v) is 3.66. The topological polar surface area (TPSA) is 75.6 Å². The minimum absolute atomic E-state index is 0.0312. The predicted molar refractivity (Wildman–Crippen MR) is 73.5 cm³/mol. The van der Waals surface area contributed by atoms with Crippen LogP contribution in [0.1, 0.15) is 24.5 Å². The highest BCUT2D eigenvalue weighted by Crippen LogP contribution is 2.19. The summed E-state index contributed by atoms with van der Waals surface area (Å²) < 4.78 is 5.12. The molecule has 1 unspecified atom stereocenters. The van der Waals surface area contributed by atoms with Gasteiger partial charge in [-0.3, -0.25) is 4.79 Å². The zero-order valence-electron chi connectivity index (χ0n) is 11.5. The van der Waals surface area contributed by atoms with Crippen LogP contribution in [0.3, 0.4) is 0 Å². The molecule has 1 aliphatic heterocycles. The average molecular weight is 277 g/mol. The molecule has 1 atom stereocenters. The number of carboxylic acid groups (broad SMARTS) is 1. The number of hydrogen-bond acceptors (Lipinski definition) is 3. The summed E-state index contributed by atoms with van der Waals surface area (Å²) in [6, 6.07) is 7.70. The number of ether oxygens (including phenoxy) is 1. The van der Waals surface area contributed by atoms with E-state index in [2.05, 4.69) is 5.32 Å². The van der Waals surface area contributed by atoms with Crippen LogP contribution < -0.4 is 5.32 Å². The molecular formula is C15H19NO4. The first-order valence-electron chi connectivity index (χ1n) is 6.76. The quantitative estimate of drug-likeness (QED) is 0.846. The molecule has 0 saturated carbocycles. The second-order valence-corrected chi connectivity index (χ2v) is 5.04. The van der Waals surface area contributed by atoms with Gasteiger partial charge in [-0.1, -0.05) is 31.2 Å². The third kappa shape index (κ3) is 2.99. The number of amides is 1. The monoisotopic (exact) mass is 277 g/mol. The Morgan fingerprint density at radius 2 is 2.05 bits per heavy atom. The fourth-order valence-corrected chi connectivity index (χ4v) is 2.44. The lowest BCUT2D eigenvalue weighted by Gasteiger charge is -2.23. The maximum absolute atomic E-state index is 12.1. The number of hydrogen-bond donors (Lipinski definition) is 2. The highest BCUT2D eigenvalue weighted by molar-refractivity contribution is 5.88. The molecule has 0 spiro atoms. The summed E-state index contributed by atoms with van der Waals surface area (Å²) in [6.45, 7) is 2.42. The van der Waals surface area contributed by atoms with E-state index in [4.69, 9.17) is 4.74 Å². The van der Waals surface area contributed by atoms with Gasteiger partial charge in [0.15, 0.2) is 5.54 Å². The van der Waals surface area contributed by atoms with Gasteiger partial charge in [0.05, 0.1) is 13.0 Å². The van der Waals surface area contributed by atoms with Crippen LogP contribution in [-0.4, -0.2) is 35.7 Å². The molecular weight excluding hydrogens is 258 g/mol.